The third-order valence-corrected chi connectivity index (χ3v) is 0.167. The second kappa shape index (κ2) is 18.0. The third-order valence-electron chi connectivity index (χ3n) is 0.167. The van der Waals surface area contributed by atoms with Crippen molar-refractivity contribution < 1.29 is 4.57 Å². The summed E-state index contributed by atoms with van der Waals surface area (Å²) in [5, 5.41) is 0. The number of allylic oxidation sites excluding steroid dienone is 2. The van der Waals surface area contributed by atoms with E-state index in [9.17, 15) is 0 Å². The highest BCUT2D eigenvalue weighted by Gasteiger charge is 1.78. The molecule has 7 heteroatoms. The molecule has 0 radical (unpaired) electrons. The number of hydrogen-bond acceptors (Lipinski definition) is 1. The van der Waals surface area contributed by atoms with Gasteiger partial charge in [-0.15, -0.1) is 0 Å². The molecule has 0 N–H and O–H groups in total. The molecule has 0 unspecified atom stereocenters. The molecule has 1 nitrogen and oxygen atoms in total. The van der Waals surface area contributed by atoms with Gasteiger partial charge in [0, 0.05) is 0 Å². The maximum atomic E-state index is 9.16. The van der Waals surface area contributed by atoms with Crippen LogP contribution in [0.15, 0.2) is 25.3 Å². The van der Waals surface area contributed by atoms with Crippen molar-refractivity contribution in [2.45, 2.75) is 4.30 Å². The molecule has 0 spiro atoms. The summed E-state index contributed by atoms with van der Waals surface area (Å²) in [6, 6.07) is 0. The van der Waals surface area contributed by atoms with Crippen LogP contribution in [0.2, 0.25) is 0 Å². The minimum Gasteiger partial charge on any atom is -0.293 e. The fourth-order valence-electron chi connectivity index (χ4n) is 0. The van der Waals surface area contributed by atoms with E-state index in [4.69, 9.17) is 39.4 Å². The van der Waals surface area contributed by atoms with E-state index in [-0.39, 0.29) is 0 Å². The van der Waals surface area contributed by atoms with Gasteiger partial charge in [-0.2, -0.15) is 0 Å². The van der Waals surface area contributed by atoms with Crippen LogP contribution in [-0.4, -0.2) is 4.30 Å². The van der Waals surface area contributed by atoms with E-state index in [0.29, 0.717) is 0 Å². The van der Waals surface area contributed by atoms with E-state index in [0.717, 1.165) is 0 Å². The maximum Gasteiger partial charge on any atom is 0.241 e. The van der Waals surface area contributed by atoms with Crippen LogP contribution in [0.4, 0.5) is 0 Å². The van der Waals surface area contributed by atoms with Gasteiger partial charge in [0.15, 0.2) is 4.30 Å². The van der Waals surface area contributed by atoms with Gasteiger partial charge < -0.3 is 0 Å². The van der Waals surface area contributed by atoms with Gasteiger partial charge in [-0.3, -0.25) is 4.57 Å². The van der Waals surface area contributed by atoms with Gasteiger partial charge in [-0.25, -0.2) is 0 Å². The lowest BCUT2D eigenvalue weighted by molar-refractivity contribution is 0.602. The normalized spacial score (nSPS) is 7.58. The summed E-state index contributed by atoms with van der Waals surface area (Å²) < 4.78 is 8.41. The topological polar surface area (TPSA) is 17.1 Å². The van der Waals surface area contributed by atoms with Crippen molar-refractivity contribution in [1.29, 1.82) is 0 Å². The van der Waals surface area contributed by atoms with Crippen molar-refractivity contribution in [3.05, 3.63) is 25.3 Å². The predicted octanol–water partition coefficient (Wildman–Crippen LogP) is 5.20. The van der Waals surface area contributed by atoms with E-state index in [1.165, 1.54) is 0 Å². The fourth-order valence-corrected chi connectivity index (χ4v) is 0. The van der Waals surface area contributed by atoms with Crippen LogP contribution < -0.4 is 0 Å². The van der Waals surface area contributed by atoms with Gasteiger partial charge in [0.1, 0.15) is 0 Å². The van der Waals surface area contributed by atoms with Crippen LogP contribution in [0.25, 0.3) is 0 Å². The number of rotatable bonds is 1. The summed E-state index contributed by atoms with van der Waals surface area (Å²) in [7, 11) is 0. The first-order chi connectivity index (χ1) is 5.38. The lowest BCUT2D eigenvalue weighted by atomic mass is 10.6. The molecule has 0 bridgehead atoms. The largest absolute Gasteiger partial charge is 0.293 e. The quantitative estimate of drug-likeness (QED) is 0.369. The van der Waals surface area contributed by atoms with E-state index >= 15 is 0 Å². The minimum atomic E-state index is -2.19. The Morgan fingerprint density at radius 3 is 1.17 bits per heavy atom. The molecule has 0 aromatic heterocycles. The zero-order valence-corrected chi connectivity index (χ0v) is 10.7. The predicted molar refractivity (Wildman–Crippen MR) is 62.4 cm³/mol. The average Bonchev–Trinajstić information content (AvgIpc) is 1.85. The van der Waals surface area contributed by atoms with Crippen molar-refractivity contribution >= 4 is 63.8 Å². The lowest BCUT2D eigenvalue weighted by Gasteiger charge is -1.69. The molecule has 74 valence electrons. The molecule has 0 heterocycles. The Balaban J connectivity index is -0.000000101. The number of hydrogen-bond donors (Lipinski definition) is 0. The zero-order valence-electron chi connectivity index (χ0n) is 5.94. The maximum absolute atomic E-state index is 9.16. The Morgan fingerprint density at radius 1 is 1.08 bits per heavy atom. The van der Waals surface area contributed by atoms with Crippen LogP contribution in [0, 0.1) is 0 Å². The second-order valence-electron chi connectivity index (χ2n) is 0.945. The van der Waals surface area contributed by atoms with Crippen LogP contribution in [0.3, 0.4) is 0 Å². The van der Waals surface area contributed by atoms with Gasteiger partial charge in [0.25, 0.3) is 0 Å². The van der Waals surface area contributed by atoms with Gasteiger partial charge in [-0.05, 0) is 22.5 Å². The first-order valence-electron chi connectivity index (χ1n) is 2.39. The van der Waals surface area contributed by atoms with Gasteiger partial charge in [0.05, 0.1) is 0 Å². The molecule has 0 aliphatic carbocycles. The fraction of sp³-hybridized carbons (Fsp3) is 0.200. The Bertz CT molecular complexity index is 114. The van der Waals surface area contributed by atoms with Crippen LogP contribution in [-0.2, 0) is 4.57 Å². The second-order valence-corrected chi connectivity index (χ2v) is 6.02. The minimum absolute atomic E-state index is 0.750. The Hall–Kier alpha value is 1.16. The Labute approximate surface area is 97.6 Å². The summed E-state index contributed by atoms with van der Waals surface area (Å²) in [4.78, 5) is 0. The van der Waals surface area contributed by atoms with E-state index in [1.54, 1.807) is 12.2 Å². The molecule has 0 aromatic rings. The molecule has 0 atom stereocenters. The van der Waals surface area contributed by atoms with Gasteiger partial charge in [0.2, 0.25) is 6.51 Å². The van der Waals surface area contributed by atoms with Crippen molar-refractivity contribution in [3.63, 3.8) is 0 Å². The van der Waals surface area contributed by atoms with Crippen LogP contribution >= 0.6 is 63.8 Å². The highest BCUT2D eigenvalue weighted by Crippen LogP contribution is 2.31. The highest BCUT2D eigenvalue weighted by atomic mass is 35.9. The summed E-state index contributed by atoms with van der Waals surface area (Å²) in [6.07, 6.45) is 3.28. The Kier molecular flexibility index (Phi) is 28.4. The SMILES string of the molecule is C=CC=C.ClC(Cl)Cl.O=[PH](Cl)Cl. The molecule has 0 rings (SSSR count). The van der Waals surface area contributed by atoms with Crippen molar-refractivity contribution in [1.82, 2.24) is 0 Å². The van der Waals surface area contributed by atoms with Crippen molar-refractivity contribution in [3.8, 4) is 0 Å². The summed E-state index contributed by atoms with van der Waals surface area (Å²) in [5.74, 6) is 0. The van der Waals surface area contributed by atoms with E-state index < -0.39 is 10.8 Å². The zero-order chi connectivity index (χ0) is 10.6. The van der Waals surface area contributed by atoms with Crippen LogP contribution in [0.1, 0.15) is 0 Å². The monoisotopic (exact) mass is 290 g/mol. The molecule has 0 aromatic carbocycles. The first-order valence-corrected chi connectivity index (χ1v) is 7.13. The highest BCUT2D eigenvalue weighted by molar-refractivity contribution is 7.95. The molecule has 0 aliphatic heterocycles. The standard InChI is InChI=1S/C4H6.CHCl3.Cl2HOP/c1-3-4-2;2-1(3)4;1-4(2)3/h3-4H,1-2H2;1H;4H. The van der Waals surface area contributed by atoms with Crippen molar-refractivity contribution in [2.75, 3.05) is 0 Å². The Morgan fingerprint density at radius 2 is 1.17 bits per heavy atom. The summed E-state index contributed by atoms with van der Waals surface area (Å²) in [5.41, 5.74) is 0. The molecule has 0 aliphatic rings. The van der Waals surface area contributed by atoms with E-state index in [2.05, 4.69) is 35.6 Å². The summed E-state index contributed by atoms with van der Waals surface area (Å²) in [6.45, 7) is 4.54. The molecular formula is C5H8Cl5OP. The average molecular weight is 292 g/mol. The summed E-state index contributed by atoms with van der Waals surface area (Å²) >= 11 is 23.6. The third kappa shape index (κ3) is 247. The molecule has 0 fully saturated rings. The smallest absolute Gasteiger partial charge is 0.241 e. The molecule has 12 heavy (non-hydrogen) atoms. The van der Waals surface area contributed by atoms with Crippen molar-refractivity contribution in [2.24, 2.45) is 0 Å². The number of alkyl halides is 3. The van der Waals surface area contributed by atoms with E-state index in [1.807, 2.05) is 0 Å². The molecule has 0 saturated carbocycles. The molecule has 0 amide bonds. The lowest BCUT2D eigenvalue weighted by Crippen LogP contribution is -1.55. The van der Waals surface area contributed by atoms with Gasteiger partial charge in [-0.1, -0.05) is 60.1 Å². The molecular weight excluding hydrogens is 284 g/mol. The van der Waals surface area contributed by atoms with Crippen LogP contribution in [0.5, 0.6) is 0 Å². The first kappa shape index (κ1) is 18.9. The van der Waals surface area contributed by atoms with Gasteiger partial charge >= 0.3 is 0 Å². The molecule has 0 saturated heterocycles. The number of halogens is 5.